The highest BCUT2D eigenvalue weighted by Crippen LogP contribution is 2.20. The van der Waals surface area contributed by atoms with Crippen molar-refractivity contribution in [1.29, 1.82) is 0 Å². The van der Waals surface area contributed by atoms with Crippen LogP contribution in [-0.4, -0.2) is 65.3 Å². The zero-order chi connectivity index (χ0) is 16.4. The molecule has 0 spiro atoms. The van der Waals surface area contributed by atoms with Gasteiger partial charge in [-0.2, -0.15) is 5.10 Å². The quantitative estimate of drug-likeness (QED) is 0.853. The molecule has 1 saturated heterocycles. The van der Waals surface area contributed by atoms with Crippen LogP contribution in [0.1, 0.15) is 31.0 Å². The van der Waals surface area contributed by atoms with Crippen LogP contribution in [0.3, 0.4) is 0 Å². The fourth-order valence-corrected chi connectivity index (χ4v) is 3.31. The molecular weight excluding hydrogens is 292 g/mol. The number of carbonyl (C=O) groups excluding carboxylic acids is 1. The molecule has 1 fully saturated rings. The minimum atomic E-state index is 0.0419. The van der Waals surface area contributed by atoms with Crippen molar-refractivity contribution in [3.63, 3.8) is 0 Å². The summed E-state index contributed by atoms with van der Waals surface area (Å²) < 4.78 is 0. The van der Waals surface area contributed by atoms with Crippen molar-refractivity contribution in [1.82, 2.24) is 25.3 Å². The first-order valence-corrected chi connectivity index (χ1v) is 8.35. The van der Waals surface area contributed by atoms with Gasteiger partial charge in [-0.25, -0.2) is 4.79 Å². The fraction of sp³-hybridized carbons (Fsp3) is 0.688. The van der Waals surface area contributed by atoms with Crippen molar-refractivity contribution >= 4 is 11.8 Å². The summed E-state index contributed by atoms with van der Waals surface area (Å²) in [6.07, 6.45) is 2.80. The summed E-state index contributed by atoms with van der Waals surface area (Å²) in [6.45, 7) is 4.56. The second-order valence-corrected chi connectivity index (χ2v) is 6.62. The van der Waals surface area contributed by atoms with Gasteiger partial charge in [-0.15, -0.1) is 5.10 Å². The summed E-state index contributed by atoms with van der Waals surface area (Å²) in [5.74, 6) is 0.746. The van der Waals surface area contributed by atoms with Gasteiger partial charge in [0.25, 0.3) is 0 Å². The number of nitrogens with one attached hydrogen (secondary N) is 2. The molecule has 0 radical (unpaired) electrons. The Labute approximate surface area is 137 Å². The van der Waals surface area contributed by atoms with Crippen molar-refractivity contribution in [2.45, 2.75) is 44.8 Å². The minimum Gasteiger partial charge on any atom is -0.372 e. The molecule has 2 N–H and O–H groups in total. The van der Waals surface area contributed by atoms with Gasteiger partial charge in [0.1, 0.15) is 5.82 Å². The molecule has 7 heteroatoms. The van der Waals surface area contributed by atoms with Gasteiger partial charge in [-0.1, -0.05) is 0 Å². The van der Waals surface area contributed by atoms with Crippen LogP contribution >= 0.6 is 0 Å². The zero-order valence-corrected chi connectivity index (χ0v) is 14.2. The lowest BCUT2D eigenvalue weighted by atomic mass is 9.99. The first-order valence-electron chi connectivity index (χ1n) is 8.35. The molecule has 1 aromatic rings. The molecule has 23 heavy (non-hydrogen) atoms. The molecule has 0 aliphatic carbocycles. The Morgan fingerprint density at radius 1 is 1.35 bits per heavy atom. The highest BCUT2D eigenvalue weighted by atomic mass is 16.2. The number of nitrogens with zero attached hydrogens (tertiary/aromatic N) is 4. The topological polar surface area (TPSA) is 73.4 Å². The van der Waals surface area contributed by atoms with Crippen LogP contribution in [0, 0.1) is 0 Å². The molecule has 3 heterocycles. The molecule has 3 rings (SSSR count). The fourth-order valence-electron chi connectivity index (χ4n) is 3.31. The SMILES string of the molecule is CNc1cc2c(nn1)CCN(C(=O)NC1CCN(C)C(C)C1)C2. The molecular formula is C16H26N6O. The predicted octanol–water partition coefficient (Wildman–Crippen LogP) is 1.07. The van der Waals surface area contributed by atoms with Crippen LogP contribution in [0.2, 0.25) is 0 Å². The third-order valence-corrected chi connectivity index (χ3v) is 5.02. The first kappa shape index (κ1) is 16.0. The molecule has 0 saturated carbocycles. The largest absolute Gasteiger partial charge is 0.372 e. The summed E-state index contributed by atoms with van der Waals surface area (Å²) in [4.78, 5) is 16.8. The standard InChI is InChI=1S/C16H26N6O/c1-11-8-13(4-6-21(11)3)18-16(23)22-7-5-14-12(10-22)9-15(17-2)20-19-14/h9,11,13H,4-8,10H2,1-3H3,(H,17,20)(H,18,23). The van der Waals surface area contributed by atoms with Crippen molar-refractivity contribution < 1.29 is 4.79 Å². The Bertz CT molecular complexity index is 578. The third kappa shape index (κ3) is 3.55. The van der Waals surface area contributed by atoms with Crippen molar-refractivity contribution in [3.8, 4) is 0 Å². The molecule has 1 aromatic heterocycles. The van der Waals surface area contributed by atoms with E-state index in [1.54, 1.807) is 0 Å². The normalized spacial score (nSPS) is 24.9. The van der Waals surface area contributed by atoms with E-state index in [1.165, 1.54) is 0 Å². The minimum absolute atomic E-state index is 0.0419. The van der Waals surface area contributed by atoms with Gasteiger partial charge in [0.05, 0.1) is 5.69 Å². The van der Waals surface area contributed by atoms with Crippen LogP contribution in [0.25, 0.3) is 0 Å². The van der Waals surface area contributed by atoms with E-state index in [9.17, 15) is 4.79 Å². The average Bonchev–Trinajstić information content (AvgIpc) is 2.57. The molecule has 7 nitrogen and oxygen atoms in total. The number of piperidine rings is 1. The molecule has 2 amide bonds. The Morgan fingerprint density at radius 2 is 2.17 bits per heavy atom. The van der Waals surface area contributed by atoms with Gasteiger partial charge >= 0.3 is 6.03 Å². The number of anilines is 1. The molecule has 2 atom stereocenters. The second-order valence-electron chi connectivity index (χ2n) is 6.62. The molecule has 2 aliphatic heterocycles. The monoisotopic (exact) mass is 318 g/mol. The van der Waals surface area contributed by atoms with E-state index in [-0.39, 0.29) is 12.1 Å². The second kappa shape index (κ2) is 6.70. The van der Waals surface area contributed by atoms with E-state index in [2.05, 4.69) is 39.7 Å². The summed E-state index contributed by atoms with van der Waals surface area (Å²) in [6, 6.07) is 2.82. The van der Waals surface area contributed by atoms with Gasteiger partial charge in [0.2, 0.25) is 0 Å². The molecule has 0 aromatic carbocycles. The number of urea groups is 1. The maximum Gasteiger partial charge on any atom is 0.317 e. The zero-order valence-electron chi connectivity index (χ0n) is 14.2. The van der Waals surface area contributed by atoms with Gasteiger partial charge in [0, 0.05) is 45.2 Å². The Morgan fingerprint density at radius 3 is 2.91 bits per heavy atom. The highest BCUT2D eigenvalue weighted by Gasteiger charge is 2.27. The Balaban J connectivity index is 1.60. The Hall–Kier alpha value is -1.89. The lowest BCUT2D eigenvalue weighted by Gasteiger charge is -2.37. The Kier molecular flexibility index (Phi) is 4.66. The lowest BCUT2D eigenvalue weighted by Crippen LogP contribution is -2.51. The van der Waals surface area contributed by atoms with E-state index in [0.717, 1.165) is 42.9 Å². The summed E-state index contributed by atoms with van der Waals surface area (Å²) >= 11 is 0. The number of amides is 2. The first-order chi connectivity index (χ1) is 11.1. The van der Waals surface area contributed by atoms with E-state index in [1.807, 2.05) is 18.0 Å². The number of carbonyl (C=O) groups is 1. The average molecular weight is 318 g/mol. The maximum atomic E-state index is 12.6. The summed E-state index contributed by atoms with van der Waals surface area (Å²) in [5, 5.41) is 14.6. The van der Waals surface area contributed by atoms with E-state index in [0.29, 0.717) is 19.1 Å². The predicted molar refractivity (Wildman–Crippen MR) is 89.3 cm³/mol. The number of likely N-dealkylation sites (tertiary alicyclic amines) is 1. The lowest BCUT2D eigenvalue weighted by molar-refractivity contribution is 0.153. The van der Waals surface area contributed by atoms with Crippen molar-refractivity contribution in [2.24, 2.45) is 0 Å². The van der Waals surface area contributed by atoms with Crippen LogP contribution in [0.5, 0.6) is 0 Å². The highest BCUT2D eigenvalue weighted by molar-refractivity contribution is 5.75. The van der Waals surface area contributed by atoms with Crippen LogP contribution < -0.4 is 10.6 Å². The third-order valence-electron chi connectivity index (χ3n) is 5.02. The van der Waals surface area contributed by atoms with Crippen LogP contribution in [0.4, 0.5) is 10.6 Å². The van der Waals surface area contributed by atoms with E-state index in [4.69, 9.17) is 0 Å². The molecule has 2 aliphatic rings. The molecule has 0 bridgehead atoms. The van der Waals surface area contributed by atoms with Gasteiger partial charge < -0.3 is 20.4 Å². The van der Waals surface area contributed by atoms with Crippen LogP contribution in [0.15, 0.2) is 6.07 Å². The molecule has 126 valence electrons. The van der Waals surface area contributed by atoms with Crippen molar-refractivity contribution in [2.75, 3.05) is 32.5 Å². The number of rotatable bonds is 2. The summed E-state index contributed by atoms with van der Waals surface area (Å²) in [5.41, 5.74) is 2.09. The molecule has 2 unspecified atom stereocenters. The van der Waals surface area contributed by atoms with E-state index >= 15 is 0 Å². The number of hydrogen-bond donors (Lipinski definition) is 2. The van der Waals surface area contributed by atoms with Gasteiger partial charge in [-0.3, -0.25) is 0 Å². The van der Waals surface area contributed by atoms with Gasteiger partial charge in [0.15, 0.2) is 0 Å². The van der Waals surface area contributed by atoms with E-state index < -0.39 is 0 Å². The number of hydrogen-bond acceptors (Lipinski definition) is 5. The number of fused-ring (bicyclic) bond motifs is 1. The number of aromatic nitrogens is 2. The van der Waals surface area contributed by atoms with Crippen molar-refractivity contribution in [3.05, 3.63) is 17.3 Å². The van der Waals surface area contributed by atoms with Gasteiger partial charge in [-0.05, 0) is 38.4 Å². The smallest absolute Gasteiger partial charge is 0.317 e. The maximum absolute atomic E-state index is 12.6. The summed E-state index contributed by atoms with van der Waals surface area (Å²) in [7, 11) is 3.97. The van der Waals surface area contributed by atoms with Crippen LogP contribution in [-0.2, 0) is 13.0 Å².